The number of hydrogen-bond donors (Lipinski definition) is 0. The number of hydrogen-bond acceptors (Lipinski definition) is 2. The summed E-state index contributed by atoms with van der Waals surface area (Å²) < 4.78 is 5.36. The second-order valence-corrected chi connectivity index (χ2v) is 2.85. The molecule has 0 aromatic heterocycles. The van der Waals surface area contributed by atoms with Crippen molar-refractivity contribution in [2.45, 2.75) is 13.3 Å². The first-order valence-corrected chi connectivity index (χ1v) is 4.70. The van der Waals surface area contributed by atoms with Gasteiger partial charge in [0.05, 0.1) is 0 Å². The maximum Gasteiger partial charge on any atom is 0.155 e. The molecule has 14 heavy (non-hydrogen) atoms. The number of ketones is 1. The highest BCUT2D eigenvalue weighted by molar-refractivity contribution is 5.89. The third-order valence-corrected chi connectivity index (χ3v) is 1.74. The molecule has 0 aliphatic heterocycles. The van der Waals surface area contributed by atoms with Gasteiger partial charge in [0.15, 0.2) is 5.78 Å². The van der Waals surface area contributed by atoms with Gasteiger partial charge in [0.2, 0.25) is 0 Å². The fourth-order valence-corrected chi connectivity index (χ4v) is 0.958. The molecule has 0 radical (unpaired) electrons. The smallest absolute Gasteiger partial charge is 0.155 e. The lowest BCUT2D eigenvalue weighted by Crippen LogP contribution is -1.95. The van der Waals surface area contributed by atoms with E-state index in [0.29, 0.717) is 13.0 Å². The number of para-hydroxylation sites is 1. The van der Waals surface area contributed by atoms with Crippen LogP contribution in [0.3, 0.4) is 0 Å². The number of allylic oxidation sites excluding steroid dienone is 1. The van der Waals surface area contributed by atoms with E-state index in [2.05, 4.69) is 0 Å². The maximum atomic E-state index is 10.9. The Morgan fingerprint density at radius 2 is 2.07 bits per heavy atom. The van der Waals surface area contributed by atoms with E-state index < -0.39 is 0 Å². The molecule has 74 valence electrons. The topological polar surface area (TPSA) is 26.3 Å². The van der Waals surface area contributed by atoms with E-state index in [4.69, 9.17) is 4.74 Å². The van der Waals surface area contributed by atoms with Crippen LogP contribution in [-0.2, 0) is 4.79 Å². The minimum Gasteiger partial charge on any atom is -0.490 e. The molecular formula is C12H14O2. The van der Waals surface area contributed by atoms with Crippen molar-refractivity contribution in [2.75, 3.05) is 6.61 Å². The van der Waals surface area contributed by atoms with Crippen LogP contribution < -0.4 is 4.74 Å². The van der Waals surface area contributed by atoms with Gasteiger partial charge in [-0.1, -0.05) is 25.1 Å². The van der Waals surface area contributed by atoms with Gasteiger partial charge in [-0.25, -0.2) is 0 Å². The van der Waals surface area contributed by atoms with Crippen molar-refractivity contribution in [2.24, 2.45) is 0 Å². The van der Waals surface area contributed by atoms with Crippen LogP contribution in [0.5, 0.6) is 5.75 Å². The van der Waals surface area contributed by atoms with E-state index in [1.165, 1.54) is 0 Å². The van der Waals surface area contributed by atoms with Crippen LogP contribution in [0.2, 0.25) is 0 Å². The SMILES string of the molecule is CCC(=O)/C=C/COc1ccccc1. The Balaban J connectivity index is 2.29. The summed E-state index contributed by atoms with van der Waals surface area (Å²) >= 11 is 0. The molecule has 0 heterocycles. The number of ether oxygens (including phenoxy) is 1. The first-order chi connectivity index (χ1) is 6.83. The third kappa shape index (κ3) is 3.90. The Morgan fingerprint density at radius 1 is 1.36 bits per heavy atom. The lowest BCUT2D eigenvalue weighted by molar-refractivity contribution is -0.114. The zero-order valence-corrected chi connectivity index (χ0v) is 8.27. The predicted molar refractivity (Wildman–Crippen MR) is 56.4 cm³/mol. The molecule has 0 unspecified atom stereocenters. The molecule has 0 spiro atoms. The van der Waals surface area contributed by atoms with Crippen LogP contribution in [0.1, 0.15) is 13.3 Å². The highest BCUT2D eigenvalue weighted by Crippen LogP contribution is 2.07. The standard InChI is InChI=1S/C12H14O2/c1-2-11(13)7-6-10-14-12-8-4-3-5-9-12/h3-9H,2,10H2,1H3/b7-6+. The normalized spacial score (nSPS) is 10.4. The molecule has 1 aromatic carbocycles. The van der Waals surface area contributed by atoms with Gasteiger partial charge in [-0.15, -0.1) is 0 Å². The minimum absolute atomic E-state index is 0.127. The number of benzene rings is 1. The van der Waals surface area contributed by atoms with Gasteiger partial charge in [0.25, 0.3) is 0 Å². The van der Waals surface area contributed by atoms with Gasteiger partial charge < -0.3 is 4.74 Å². The summed E-state index contributed by atoms with van der Waals surface area (Å²) in [6.07, 6.45) is 3.84. The van der Waals surface area contributed by atoms with Crippen LogP contribution in [0.4, 0.5) is 0 Å². The summed E-state index contributed by atoms with van der Waals surface area (Å²) in [6, 6.07) is 9.53. The molecule has 1 aromatic rings. The highest BCUT2D eigenvalue weighted by Gasteiger charge is 1.90. The van der Waals surface area contributed by atoms with E-state index in [9.17, 15) is 4.79 Å². The largest absolute Gasteiger partial charge is 0.490 e. The summed E-state index contributed by atoms with van der Waals surface area (Å²) in [4.78, 5) is 10.9. The van der Waals surface area contributed by atoms with Crippen LogP contribution in [0.25, 0.3) is 0 Å². The summed E-state index contributed by atoms with van der Waals surface area (Å²) in [5.74, 6) is 0.947. The molecule has 0 amide bonds. The quantitative estimate of drug-likeness (QED) is 0.667. The maximum absolute atomic E-state index is 10.9. The van der Waals surface area contributed by atoms with Gasteiger partial charge in [-0.2, -0.15) is 0 Å². The Kier molecular flexibility index (Phi) is 4.48. The molecule has 0 atom stereocenters. The highest BCUT2D eigenvalue weighted by atomic mass is 16.5. The second kappa shape index (κ2) is 5.97. The molecule has 0 saturated carbocycles. The summed E-state index contributed by atoms with van der Waals surface area (Å²) in [5.41, 5.74) is 0. The molecule has 0 bridgehead atoms. The van der Waals surface area contributed by atoms with Crippen molar-refractivity contribution in [3.63, 3.8) is 0 Å². The van der Waals surface area contributed by atoms with Crippen molar-refractivity contribution in [3.8, 4) is 5.75 Å². The molecule has 0 N–H and O–H groups in total. The van der Waals surface area contributed by atoms with Crippen LogP contribution in [0.15, 0.2) is 42.5 Å². The molecule has 0 aliphatic rings. The zero-order chi connectivity index (χ0) is 10.2. The van der Waals surface area contributed by atoms with E-state index in [1.54, 1.807) is 12.2 Å². The molecule has 0 fully saturated rings. The van der Waals surface area contributed by atoms with Gasteiger partial charge >= 0.3 is 0 Å². The Morgan fingerprint density at radius 3 is 2.71 bits per heavy atom. The average molecular weight is 190 g/mol. The fraction of sp³-hybridized carbons (Fsp3) is 0.250. The molecule has 2 heteroatoms. The number of carbonyl (C=O) groups excluding carboxylic acids is 1. The third-order valence-electron chi connectivity index (χ3n) is 1.74. The summed E-state index contributed by atoms with van der Waals surface area (Å²) in [6.45, 7) is 2.28. The molecular weight excluding hydrogens is 176 g/mol. The Bertz CT molecular complexity index is 301. The van der Waals surface area contributed by atoms with Gasteiger partial charge in [-0.05, 0) is 24.3 Å². The lowest BCUT2D eigenvalue weighted by Gasteiger charge is -2.00. The van der Waals surface area contributed by atoms with E-state index in [0.717, 1.165) is 5.75 Å². The first kappa shape index (κ1) is 10.5. The van der Waals surface area contributed by atoms with E-state index in [-0.39, 0.29) is 5.78 Å². The average Bonchev–Trinajstić information content (AvgIpc) is 2.25. The Hall–Kier alpha value is -1.57. The second-order valence-electron chi connectivity index (χ2n) is 2.85. The van der Waals surface area contributed by atoms with E-state index in [1.807, 2.05) is 37.3 Å². The van der Waals surface area contributed by atoms with Gasteiger partial charge in [0, 0.05) is 6.42 Å². The predicted octanol–water partition coefficient (Wildman–Crippen LogP) is 2.60. The van der Waals surface area contributed by atoms with Crippen molar-refractivity contribution < 1.29 is 9.53 Å². The molecule has 1 rings (SSSR count). The van der Waals surface area contributed by atoms with Crippen LogP contribution in [0, 0.1) is 0 Å². The van der Waals surface area contributed by atoms with Gasteiger partial charge in [0.1, 0.15) is 12.4 Å². The molecule has 0 saturated heterocycles. The molecule has 0 aliphatic carbocycles. The van der Waals surface area contributed by atoms with Crippen molar-refractivity contribution >= 4 is 5.78 Å². The zero-order valence-electron chi connectivity index (χ0n) is 8.27. The lowest BCUT2D eigenvalue weighted by atomic mass is 10.3. The van der Waals surface area contributed by atoms with Crippen molar-refractivity contribution in [3.05, 3.63) is 42.5 Å². The number of carbonyl (C=O) groups is 1. The first-order valence-electron chi connectivity index (χ1n) is 4.70. The minimum atomic E-state index is 0.127. The van der Waals surface area contributed by atoms with Crippen LogP contribution in [-0.4, -0.2) is 12.4 Å². The van der Waals surface area contributed by atoms with Crippen molar-refractivity contribution in [1.82, 2.24) is 0 Å². The number of rotatable bonds is 5. The summed E-state index contributed by atoms with van der Waals surface area (Å²) in [5, 5.41) is 0. The van der Waals surface area contributed by atoms with Crippen LogP contribution >= 0.6 is 0 Å². The monoisotopic (exact) mass is 190 g/mol. The Labute approximate surface area is 84.2 Å². The van der Waals surface area contributed by atoms with Crippen molar-refractivity contribution in [1.29, 1.82) is 0 Å². The van der Waals surface area contributed by atoms with E-state index >= 15 is 0 Å². The molecule has 2 nitrogen and oxygen atoms in total. The fourth-order valence-electron chi connectivity index (χ4n) is 0.958. The summed E-state index contributed by atoms with van der Waals surface area (Å²) in [7, 11) is 0. The van der Waals surface area contributed by atoms with Gasteiger partial charge in [-0.3, -0.25) is 4.79 Å².